The molecule has 0 saturated heterocycles. The van der Waals surface area contributed by atoms with Crippen LogP contribution in [-0.2, 0) is 14.3 Å². The molecule has 3 nitrogen and oxygen atoms in total. The number of carbonyl (C=O) groups excluding carboxylic acids is 2. The summed E-state index contributed by atoms with van der Waals surface area (Å²) in [6.45, 7) is 8.60. The van der Waals surface area contributed by atoms with E-state index < -0.39 is 8.07 Å². The fourth-order valence-corrected chi connectivity index (χ4v) is 5.01. The maximum atomic E-state index is 11.2. The summed E-state index contributed by atoms with van der Waals surface area (Å²) < 4.78 is 5.09. The maximum Gasteiger partial charge on any atom is 0.313 e. The fraction of sp³-hybridized carbons (Fsp3) is 0.833. The summed E-state index contributed by atoms with van der Waals surface area (Å²) in [6, 6.07) is 4.75. The van der Waals surface area contributed by atoms with E-state index in [0.717, 1.165) is 6.04 Å². The van der Waals surface area contributed by atoms with Gasteiger partial charge in [0, 0.05) is 0 Å². The Hall–Kier alpha value is -0.643. The van der Waals surface area contributed by atoms with E-state index in [2.05, 4.69) is 20.8 Å². The van der Waals surface area contributed by atoms with Crippen molar-refractivity contribution >= 4 is 19.8 Å². The Kier molecular flexibility index (Phi) is 7.30. The van der Waals surface area contributed by atoms with Crippen LogP contribution >= 0.6 is 0 Å². The van der Waals surface area contributed by atoms with Crippen molar-refractivity contribution in [2.75, 3.05) is 6.61 Å². The molecule has 0 aliphatic rings. The number of carbonyl (C=O) groups is 2. The number of hydrogen-bond donors (Lipinski definition) is 0. The zero-order chi connectivity index (χ0) is 12.6. The Morgan fingerprint density at radius 1 is 1.06 bits per heavy atom. The summed E-state index contributed by atoms with van der Waals surface area (Å²) in [7, 11) is -1.19. The second-order valence-electron chi connectivity index (χ2n) is 4.41. The highest BCUT2D eigenvalue weighted by Crippen LogP contribution is 2.24. The van der Waals surface area contributed by atoms with Gasteiger partial charge >= 0.3 is 5.97 Å². The van der Waals surface area contributed by atoms with Gasteiger partial charge in [-0.2, -0.15) is 0 Å². The molecule has 0 N–H and O–H groups in total. The first-order chi connectivity index (χ1) is 7.49. The summed E-state index contributed by atoms with van der Waals surface area (Å²) in [5, 5.41) is 0. The molecule has 0 radical (unpaired) electrons. The van der Waals surface area contributed by atoms with Crippen molar-refractivity contribution in [3.63, 3.8) is 0 Å². The van der Waals surface area contributed by atoms with E-state index in [0.29, 0.717) is 6.61 Å². The quantitative estimate of drug-likeness (QED) is 0.374. The van der Waals surface area contributed by atoms with Crippen molar-refractivity contribution in [3.05, 3.63) is 0 Å². The van der Waals surface area contributed by atoms with Gasteiger partial charge in [-0.3, -0.25) is 9.59 Å². The summed E-state index contributed by atoms with van der Waals surface area (Å²) in [5.74, 6) is -0.506. The summed E-state index contributed by atoms with van der Waals surface area (Å²) in [4.78, 5) is 21.9. The van der Waals surface area contributed by atoms with Gasteiger partial charge < -0.3 is 4.74 Å². The average Bonchev–Trinajstić information content (AvgIpc) is 2.24. The zero-order valence-electron chi connectivity index (χ0n) is 11.0. The second kappa shape index (κ2) is 7.60. The molecule has 4 heteroatoms. The predicted molar refractivity (Wildman–Crippen MR) is 68.3 cm³/mol. The lowest BCUT2D eigenvalue weighted by molar-refractivity contribution is -0.145. The number of ether oxygens (including phenoxy) is 1. The molecule has 0 aliphatic carbocycles. The third-order valence-corrected chi connectivity index (χ3v) is 9.30. The molecule has 0 aliphatic heterocycles. The van der Waals surface area contributed by atoms with Crippen LogP contribution in [0.5, 0.6) is 0 Å². The molecule has 0 atom stereocenters. The van der Waals surface area contributed by atoms with Crippen LogP contribution in [0.15, 0.2) is 0 Å². The smallest absolute Gasteiger partial charge is 0.313 e. The average molecular weight is 244 g/mol. The number of hydrogen-bond acceptors (Lipinski definition) is 3. The van der Waals surface area contributed by atoms with Crippen molar-refractivity contribution < 1.29 is 14.3 Å². The fourth-order valence-electron chi connectivity index (χ4n) is 1.92. The SMILES string of the molecule is CC[Si](CC)(CC)CCOC(=O)CC(C)=O. The van der Waals surface area contributed by atoms with Gasteiger partial charge in [-0.25, -0.2) is 0 Å². The largest absolute Gasteiger partial charge is 0.466 e. The van der Waals surface area contributed by atoms with E-state index in [9.17, 15) is 9.59 Å². The van der Waals surface area contributed by atoms with Gasteiger partial charge in [0.2, 0.25) is 0 Å². The molecule has 0 fully saturated rings. The van der Waals surface area contributed by atoms with Crippen LogP contribution in [0.1, 0.15) is 34.1 Å². The van der Waals surface area contributed by atoms with E-state index in [1.165, 1.54) is 25.1 Å². The molecule has 0 rings (SSSR count). The molecule has 0 aromatic heterocycles. The van der Waals surface area contributed by atoms with Crippen LogP contribution in [0, 0.1) is 0 Å². The van der Waals surface area contributed by atoms with Gasteiger partial charge in [-0.15, -0.1) is 0 Å². The van der Waals surface area contributed by atoms with Gasteiger partial charge in [0.1, 0.15) is 12.2 Å². The number of ketones is 1. The first-order valence-electron chi connectivity index (χ1n) is 6.14. The minimum atomic E-state index is -1.19. The van der Waals surface area contributed by atoms with Gasteiger partial charge in [-0.05, 0) is 13.0 Å². The first kappa shape index (κ1) is 15.4. The van der Waals surface area contributed by atoms with Gasteiger partial charge in [0.15, 0.2) is 0 Å². The first-order valence-corrected chi connectivity index (χ1v) is 8.97. The number of Topliss-reactive ketones (excluding diaryl/α,β-unsaturated/α-hetero) is 1. The van der Waals surface area contributed by atoms with Gasteiger partial charge in [-0.1, -0.05) is 38.9 Å². The Bertz CT molecular complexity index is 226. The van der Waals surface area contributed by atoms with E-state index in [-0.39, 0.29) is 18.2 Å². The highest BCUT2D eigenvalue weighted by atomic mass is 28.3. The molecule has 0 amide bonds. The van der Waals surface area contributed by atoms with Crippen LogP contribution in [-0.4, -0.2) is 26.4 Å². The Labute approximate surface area is 99.6 Å². The highest BCUT2D eigenvalue weighted by molar-refractivity contribution is 6.79. The van der Waals surface area contributed by atoms with Crippen LogP contribution in [0.4, 0.5) is 0 Å². The van der Waals surface area contributed by atoms with Gasteiger partial charge in [0.25, 0.3) is 0 Å². The van der Waals surface area contributed by atoms with Gasteiger partial charge in [0.05, 0.1) is 14.7 Å². The monoisotopic (exact) mass is 244 g/mol. The van der Waals surface area contributed by atoms with Crippen LogP contribution in [0.3, 0.4) is 0 Å². The van der Waals surface area contributed by atoms with E-state index in [4.69, 9.17) is 4.74 Å². The molecule has 0 unspecified atom stereocenters. The second-order valence-corrected chi connectivity index (χ2v) is 10.0. The third-order valence-electron chi connectivity index (χ3n) is 3.54. The van der Waals surface area contributed by atoms with Crippen molar-refractivity contribution in [1.82, 2.24) is 0 Å². The highest BCUT2D eigenvalue weighted by Gasteiger charge is 2.26. The van der Waals surface area contributed by atoms with Crippen molar-refractivity contribution in [1.29, 1.82) is 0 Å². The zero-order valence-corrected chi connectivity index (χ0v) is 12.0. The predicted octanol–water partition coefficient (Wildman–Crippen LogP) is 3.02. The normalized spacial score (nSPS) is 11.2. The van der Waals surface area contributed by atoms with E-state index in [1.54, 1.807) is 0 Å². The van der Waals surface area contributed by atoms with Crippen molar-refractivity contribution in [3.8, 4) is 0 Å². The Balaban J connectivity index is 3.95. The summed E-state index contributed by atoms with van der Waals surface area (Å²) >= 11 is 0. The minimum Gasteiger partial charge on any atom is -0.466 e. The summed E-state index contributed by atoms with van der Waals surface area (Å²) in [5.41, 5.74) is 0. The van der Waals surface area contributed by atoms with E-state index in [1.807, 2.05) is 0 Å². The lowest BCUT2D eigenvalue weighted by atomic mass is 10.3. The number of rotatable bonds is 8. The lowest BCUT2D eigenvalue weighted by Crippen LogP contribution is -2.33. The lowest BCUT2D eigenvalue weighted by Gasteiger charge is -2.27. The van der Waals surface area contributed by atoms with Crippen molar-refractivity contribution in [2.45, 2.75) is 58.3 Å². The van der Waals surface area contributed by atoms with Crippen LogP contribution in [0.2, 0.25) is 24.2 Å². The molecule has 0 bridgehead atoms. The summed E-state index contributed by atoms with van der Waals surface area (Å²) in [6.07, 6.45) is -0.0844. The molecule has 0 saturated carbocycles. The maximum absolute atomic E-state index is 11.2. The topological polar surface area (TPSA) is 43.4 Å². The van der Waals surface area contributed by atoms with Crippen LogP contribution < -0.4 is 0 Å². The van der Waals surface area contributed by atoms with Crippen LogP contribution in [0.25, 0.3) is 0 Å². The minimum absolute atomic E-state index is 0.0844. The molecule has 0 aromatic carbocycles. The molecule has 0 aromatic rings. The molecular formula is C12H24O3Si. The Morgan fingerprint density at radius 3 is 1.94 bits per heavy atom. The molecular weight excluding hydrogens is 220 g/mol. The molecule has 94 valence electrons. The third kappa shape index (κ3) is 5.44. The van der Waals surface area contributed by atoms with Crippen molar-refractivity contribution in [2.24, 2.45) is 0 Å². The number of esters is 1. The standard InChI is InChI=1S/C12H24O3Si/c1-5-16(6-2,7-3)9-8-15-12(14)10-11(4)13/h5-10H2,1-4H3. The molecule has 16 heavy (non-hydrogen) atoms. The Morgan fingerprint density at radius 2 is 1.56 bits per heavy atom. The van der Waals surface area contributed by atoms with E-state index >= 15 is 0 Å². The molecule has 0 spiro atoms. The molecule has 0 heterocycles.